The second-order valence-electron chi connectivity index (χ2n) is 3.97. The van der Waals surface area contributed by atoms with Crippen molar-refractivity contribution in [1.29, 1.82) is 0 Å². The van der Waals surface area contributed by atoms with Crippen molar-refractivity contribution in [3.8, 4) is 0 Å². The van der Waals surface area contributed by atoms with Gasteiger partial charge in [0.05, 0.1) is 11.8 Å². The highest BCUT2D eigenvalue weighted by molar-refractivity contribution is 6.01. The van der Waals surface area contributed by atoms with E-state index in [-0.39, 0.29) is 11.2 Å². The van der Waals surface area contributed by atoms with Crippen molar-refractivity contribution < 1.29 is 4.79 Å². The fourth-order valence-electron chi connectivity index (χ4n) is 1.42. The Bertz CT molecular complexity index is 336. The molecule has 0 saturated heterocycles. The van der Waals surface area contributed by atoms with Gasteiger partial charge in [0.2, 0.25) is 0 Å². The molecule has 1 heterocycles. The Labute approximate surface area is 77.7 Å². The normalized spacial score (nSPS) is 18.6. The molecule has 0 radical (unpaired) electrons. The number of hydrogen-bond donors (Lipinski definition) is 0. The standard InChI is InChI=1S/C10H14N2O/c1-3-12-7-8(6-11-12)9(13)10(2)4-5-10/h6-7H,3-5H2,1-2H3. The summed E-state index contributed by atoms with van der Waals surface area (Å²) in [4.78, 5) is 11.8. The van der Waals surface area contributed by atoms with E-state index in [1.165, 1.54) is 0 Å². The van der Waals surface area contributed by atoms with E-state index >= 15 is 0 Å². The summed E-state index contributed by atoms with van der Waals surface area (Å²) in [5, 5.41) is 4.09. The summed E-state index contributed by atoms with van der Waals surface area (Å²) < 4.78 is 1.79. The molecule has 0 aliphatic heterocycles. The van der Waals surface area contributed by atoms with Crippen LogP contribution in [-0.2, 0) is 6.54 Å². The van der Waals surface area contributed by atoms with E-state index < -0.39 is 0 Å². The Morgan fingerprint density at radius 3 is 2.85 bits per heavy atom. The van der Waals surface area contributed by atoms with Crippen LogP contribution in [0.5, 0.6) is 0 Å². The minimum absolute atomic E-state index is 0.0679. The third-order valence-electron chi connectivity index (χ3n) is 2.77. The second kappa shape index (κ2) is 2.69. The fourth-order valence-corrected chi connectivity index (χ4v) is 1.42. The minimum Gasteiger partial charge on any atom is -0.293 e. The average Bonchev–Trinajstić information content (AvgIpc) is 2.71. The van der Waals surface area contributed by atoms with Gasteiger partial charge in [-0.3, -0.25) is 9.48 Å². The first-order chi connectivity index (χ1) is 6.15. The summed E-state index contributed by atoms with van der Waals surface area (Å²) in [6, 6.07) is 0. The number of aryl methyl sites for hydroxylation is 1. The number of rotatable bonds is 3. The largest absolute Gasteiger partial charge is 0.293 e. The lowest BCUT2D eigenvalue weighted by atomic mass is 10.00. The van der Waals surface area contributed by atoms with Crippen molar-refractivity contribution in [2.45, 2.75) is 33.2 Å². The summed E-state index contributed by atoms with van der Waals surface area (Å²) >= 11 is 0. The highest BCUT2D eigenvalue weighted by Crippen LogP contribution is 2.47. The molecule has 0 bridgehead atoms. The zero-order valence-electron chi connectivity index (χ0n) is 8.08. The van der Waals surface area contributed by atoms with Gasteiger partial charge in [0.25, 0.3) is 0 Å². The molecule has 1 aromatic heterocycles. The van der Waals surface area contributed by atoms with E-state index in [1.807, 2.05) is 20.0 Å². The molecule has 0 N–H and O–H groups in total. The highest BCUT2D eigenvalue weighted by atomic mass is 16.1. The Morgan fingerprint density at radius 2 is 2.38 bits per heavy atom. The maximum atomic E-state index is 11.8. The van der Waals surface area contributed by atoms with Crippen molar-refractivity contribution in [2.75, 3.05) is 0 Å². The van der Waals surface area contributed by atoms with Gasteiger partial charge in [-0.1, -0.05) is 6.92 Å². The van der Waals surface area contributed by atoms with Crippen LogP contribution >= 0.6 is 0 Å². The number of carbonyl (C=O) groups is 1. The Balaban J connectivity index is 2.20. The van der Waals surface area contributed by atoms with Crippen molar-refractivity contribution in [2.24, 2.45) is 5.41 Å². The molecule has 0 atom stereocenters. The van der Waals surface area contributed by atoms with Crippen LogP contribution in [0.25, 0.3) is 0 Å². The summed E-state index contributed by atoms with van der Waals surface area (Å²) in [6.07, 6.45) is 5.58. The van der Waals surface area contributed by atoms with Gasteiger partial charge in [-0.2, -0.15) is 5.10 Å². The molecule has 3 heteroatoms. The average molecular weight is 178 g/mol. The number of aromatic nitrogens is 2. The Hall–Kier alpha value is -1.12. The van der Waals surface area contributed by atoms with Gasteiger partial charge < -0.3 is 0 Å². The Morgan fingerprint density at radius 1 is 1.69 bits per heavy atom. The van der Waals surface area contributed by atoms with Crippen LogP contribution in [0.2, 0.25) is 0 Å². The molecule has 0 amide bonds. The van der Waals surface area contributed by atoms with Crippen molar-refractivity contribution >= 4 is 5.78 Å². The number of hydrogen-bond acceptors (Lipinski definition) is 2. The minimum atomic E-state index is -0.0679. The molecule has 2 rings (SSSR count). The number of carbonyl (C=O) groups excluding carboxylic acids is 1. The number of ketones is 1. The molecule has 13 heavy (non-hydrogen) atoms. The molecule has 0 unspecified atom stereocenters. The van der Waals surface area contributed by atoms with E-state index in [9.17, 15) is 4.79 Å². The molecule has 3 nitrogen and oxygen atoms in total. The quantitative estimate of drug-likeness (QED) is 0.662. The molecular weight excluding hydrogens is 164 g/mol. The van der Waals surface area contributed by atoms with Crippen LogP contribution < -0.4 is 0 Å². The zero-order chi connectivity index (χ0) is 9.47. The van der Waals surface area contributed by atoms with E-state index in [0.29, 0.717) is 0 Å². The predicted octanol–water partition coefficient (Wildman–Crippen LogP) is 1.89. The zero-order valence-corrected chi connectivity index (χ0v) is 8.08. The number of nitrogens with zero attached hydrogens (tertiary/aromatic N) is 2. The van der Waals surface area contributed by atoms with E-state index in [0.717, 1.165) is 24.9 Å². The van der Waals surface area contributed by atoms with E-state index in [2.05, 4.69) is 5.10 Å². The third-order valence-corrected chi connectivity index (χ3v) is 2.77. The first-order valence-corrected chi connectivity index (χ1v) is 4.73. The van der Waals surface area contributed by atoms with Gasteiger partial charge >= 0.3 is 0 Å². The molecule has 1 aliphatic rings. The van der Waals surface area contributed by atoms with Gasteiger partial charge in [0.1, 0.15) is 0 Å². The molecule has 70 valence electrons. The molecule has 0 spiro atoms. The second-order valence-corrected chi connectivity index (χ2v) is 3.97. The van der Waals surface area contributed by atoms with Crippen molar-refractivity contribution in [3.63, 3.8) is 0 Å². The highest BCUT2D eigenvalue weighted by Gasteiger charge is 2.45. The Kier molecular flexibility index (Phi) is 1.75. The summed E-state index contributed by atoms with van der Waals surface area (Å²) in [5.41, 5.74) is 0.698. The molecule has 1 saturated carbocycles. The lowest BCUT2D eigenvalue weighted by Crippen LogP contribution is -2.10. The monoisotopic (exact) mass is 178 g/mol. The maximum Gasteiger partial charge on any atom is 0.171 e. The van der Waals surface area contributed by atoms with Crippen LogP contribution in [0.4, 0.5) is 0 Å². The predicted molar refractivity (Wildman–Crippen MR) is 49.6 cm³/mol. The van der Waals surface area contributed by atoms with Crippen LogP contribution in [0, 0.1) is 5.41 Å². The molecule has 1 fully saturated rings. The fraction of sp³-hybridized carbons (Fsp3) is 0.600. The lowest BCUT2D eigenvalue weighted by molar-refractivity contribution is 0.0912. The molecule has 1 aromatic rings. The van der Waals surface area contributed by atoms with Gasteiger partial charge in [-0.15, -0.1) is 0 Å². The van der Waals surface area contributed by atoms with Crippen molar-refractivity contribution in [1.82, 2.24) is 9.78 Å². The van der Waals surface area contributed by atoms with Crippen LogP contribution in [-0.4, -0.2) is 15.6 Å². The van der Waals surface area contributed by atoms with Gasteiger partial charge in [0.15, 0.2) is 5.78 Å². The first kappa shape index (κ1) is 8.48. The summed E-state index contributed by atoms with van der Waals surface area (Å²) in [5.74, 6) is 0.257. The smallest absolute Gasteiger partial charge is 0.171 e. The van der Waals surface area contributed by atoms with Gasteiger partial charge in [-0.25, -0.2) is 0 Å². The molecular formula is C10H14N2O. The van der Waals surface area contributed by atoms with E-state index in [4.69, 9.17) is 0 Å². The lowest BCUT2D eigenvalue weighted by Gasteiger charge is -2.02. The molecule has 0 aromatic carbocycles. The van der Waals surface area contributed by atoms with Crippen LogP contribution in [0.15, 0.2) is 12.4 Å². The van der Waals surface area contributed by atoms with Crippen LogP contribution in [0.1, 0.15) is 37.0 Å². The van der Waals surface area contributed by atoms with Crippen LogP contribution in [0.3, 0.4) is 0 Å². The first-order valence-electron chi connectivity index (χ1n) is 4.73. The topological polar surface area (TPSA) is 34.9 Å². The summed E-state index contributed by atoms with van der Waals surface area (Å²) in [7, 11) is 0. The maximum absolute atomic E-state index is 11.8. The summed E-state index contributed by atoms with van der Waals surface area (Å²) in [6.45, 7) is 4.86. The third kappa shape index (κ3) is 1.39. The number of Topliss-reactive ketones (excluding diaryl/α,β-unsaturated/α-hetero) is 1. The van der Waals surface area contributed by atoms with Crippen molar-refractivity contribution in [3.05, 3.63) is 18.0 Å². The van der Waals surface area contributed by atoms with E-state index in [1.54, 1.807) is 10.9 Å². The SMILES string of the molecule is CCn1cc(C(=O)C2(C)CC2)cn1. The molecule has 1 aliphatic carbocycles. The van der Waals surface area contributed by atoms with Gasteiger partial charge in [0, 0.05) is 18.2 Å². The van der Waals surface area contributed by atoms with Gasteiger partial charge in [-0.05, 0) is 19.8 Å².